The van der Waals surface area contributed by atoms with Gasteiger partial charge in [-0.3, -0.25) is 14.2 Å². The summed E-state index contributed by atoms with van der Waals surface area (Å²) in [5.41, 5.74) is 0.992. The highest BCUT2D eigenvalue weighted by atomic mass is 16.6. The van der Waals surface area contributed by atoms with Crippen LogP contribution in [0.1, 0.15) is 36.9 Å². The van der Waals surface area contributed by atoms with E-state index in [1.807, 2.05) is 13.8 Å². The predicted molar refractivity (Wildman–Crippen MR) is 133 cm³/mol. The van der Waals surface area contributed by atoms with Crippen molar-refractivity contribution in [3.05, 3.63) is 60.7 Å². The van der Waals surface area contributed by atoms with E-state index < -0.39 is 36.5 Å². The van der Waals surface area contributed by atoms with E-state index in [2.05, 4.69) is 25.6 Å². The van der Waals surface area contributed by atoms with Crippen molar-refractivity contribution in [2.75, 3.05) is 11.9 Å². The standard InChI is InChI=1S/C25H30N6O6/c1-3-14(2)16(11-32)29-18(33)10-9-17-20(34)21(35)25(37-17)31-13-28-19-22(26-12-27-23(19)31)30-24(36)15-7-5-4-6-8-15/h4-10,12-14,16-17,20-21,25,32,34-35H,3,11H2,1-2H3,(H,29,33)(H,26,27,30,36)/b10-9+/t14?,16?,17-,20-,21-,25-/m1/s1. The summed E-state index contributed by atoms with van der Waals surface area (Å²) >= 11 is 0. The fourth-order valence-electron chi connectivity index (χ4n) is 4.04. The van der Waals surface area contributed by atoms with E-state index in [4.69, 9.17) is 4.74 Å². The van der Waals surface area contributed by atoms with Gasteiger partial charge in [0, 0.05) is 11.6 Å². The molecule has 37 heavy (non-hydrogen) atoms. The molecule has 2 amide bonds. The molecule has 0 saturated carbocycles. The third kappa shape index (κ3) is 5.67. The van der Waals surface area contributed by atoms with E-state index >= 15 is 0 Å². The van der Waals surface area contributed by atoms with Gasteiger partial charge in [-0.25, -0.2) is 15.0 Å². The Morgan fingerprint density at radius 1 is 1.16 bits per heavy atom. The molecule has 2 aromatic heterocycles. The summed E-state index contributed by atoms with van der Waals surface area (Å²) in [7, 11) is 0. The van der Waals surface area contributed by atoms with Crippen molar-refractivity contribution in [2.45, 2.75) is 50.8 Å². The van der Waals surface area contributed by atoms with Crippen LogP contribution in [0.2, 0.25) is 0 Å². The molecular formula is C25H30N6O6. The highest BCUT2D eigenvalue weighted by Gasteiger charge is 2.43. The zero-order valence-electron chi connectivity index (χ0n) is 20.4. The second-order valence-corrected chi connectivity index (χ2v) is 8.88. The maximum atomic E-state index is 12.6. The lowest BCUT2D eigenvalue weighted by Gasteiger charge is -2.21. The first-order valence-electron chi connectivity index (χ1n) is 12.0. The first-order chi connectivity index (χ1) is 17.8. The monoisotopic (exact) mass is 510 g/mol. The number of anilines is 1. The first kappa shape index (κ1) is 26.4. The number of ether oxygens (including phenoxy) is 1. The molecule has 2 unspecified atom stereocenters. The van der Waals surface area contributed by atoms with E-state index in [9.17, 15) is 24.9 Å². The number of imidazole rings is 1. The third-order valence-corrected chi connectivity index (χ3v) is 6.47. The summed E-state index contributed by atoms with van der Waals surface area (Å²) in [5, 5.41) is 36.2. The third-order valence-electron chi connectivity index (χ3n) is 6.47. The lowest BCUT2D eigenvalue weighted by atomic mass is 10.00. The second kappa shape index (κ2) is 11.6. The maximum absolute atomic E-state index is 12.6. The van der Waals surface area contributed by atoms with E-state index in [0.29, 0.717) is 5.56 Å². The minimum Gasteiger partial charge on any atom is -0.394 e. The van der Waals surface area contributed by atoms with Gasteiger partial charge in [-0.15, -0.1) is 0 Å². The summed E-state index contributed by atoms with van der Waals surface area (Å²) < 4.78 is 7.27. The van der Waals surface area contributed by atoms with Crippen molar-refractivity contribution in [1.82, 2.24) is 24.8 Å². The molecule has 1 aliphatic heterocycles. The molecule has 3 heterocycles. The van der Waals surface area contributed by atoms with Crippen LogP contribution < -0.4 is 10.6 Å². The number of fused-ring (bicyclic) bond motifs is 1. The lowest BCUT2D eigenvalue weighted by molar-refractivity contribution is -0.118. The number of hydrogen-bond acceptors (Lipinski definition) is 9. The van der Waals surface area contributed by atoms with Gasteiger partial charge in [-0.2, -0.15) is 0 Å². The van der Waals surface area contributed by atoms with Crippen LogP contribution >= 0.6 is 0 Å². The number of hydrogen-bond donors (Lipinski definition) is 5. The molecule has 0 radical (unpaired) electrons. The summed E-state index contributed by atoms with van der Waals surface area (Å²) in [4.78, 5) is 37.5. The Hall–Kier alpha value is -3.71. The van der Waals surface area contributed by atoms with Crippen LogP contribution in [-0.4, -0.2) is 77.6 Å². The SMILES string of the molecule is CCC(C)C(CO)NC(=O)/C=C/[C@H]1O[C@@H](n2cnc3c(NC(=O)c4ccccc4)ncnc32)[C@H](O)[C@@H]1O. The van der Waals surface area contributed by atoms with Gasteiger partial charge in [0.05, 0.1) is 19.0 Å². The second-order valence-electron chi connectivity index (χ2n) is 8.88. The Labute approximate surface area is 213 Å². The van der Waals surface area contributed by atoms with Crippen LogP contribution in [0, 0.1) is 5.92 Å². The fourth-order valence-corrected chi connectivity index (χ4v) is 4.04. The molecule has 1 saturated heterocycles. The Morgan fingerprint density at radius 2 is 1.92 bits per heavy atom. The highest BCUT2D eigenvalue weighted by molar-refractivity contribution is 6.06. The molecule has 0 aliphatic carbocycles. The van der Waals surface area contributed by atoms with Crippen LogP contribution in [0.15, 0.2) is 55.1 Å². The number of nitrogens with one attached hydrogen (secondary N) is 2. The van der Waals surface area contributed by atoms with Crippen LogP contribution in [0.5, 0.6) is 0 Å². The fraction of sp³-hybridized carbons (Fsp3) is 0.400. The zero-order valence-corrected chi connectivity index (χ0v) is 20.4. The normalized spacial score (nSPS) is 23.3. The van der Waals surface area contributed by atoms with Gasteiger partial charge in [0.1, 0.15) is 24.6 Å². The van der Waals surface area contributed by atoms with Crippen LogP contribution in [0.4, 0.5) is 5.82 Å². The van der Waals surface area contributed by atoms with E-state index in [0.717, 1.165) is 6.42 Å². The van der Waals surface area contributed by atoms with Gasteiger partial charge in [0.15, 0.2) is 23.2 Å². The zero-order chi connectivity index (χ0) is 26.5. The molecule has 5 N–H and O–H groups in total. The summed E-state index contributed by atoms with van der Waals surface area (Å²) in [6.07, 6.45) is 1.24. The molecule has 0 spiro atoms. The van der Waals surface area contributed by atoms with Gasteiger partial charge in [-0.1, -0.05) is 38.5 Å². The summed E-state index contributed by atoms with van der Waals surface area (Å²) in [6.45, 7) is 3.69. The summed E-state index contributed by atoms with van der Waals surface area (Å²) in [6, 6.07) is 8.22. The van der Waals surface area contributed by atoms with E-state index in [-0.39, 0.29) is 35.4 Å². The number of nitrogens with zero attached hydrogens (tertiary/aromatic N) is 4. The Kier molecular flexibility index (Phi) is 8.24. The largest absolute Gasteiger partial charge is 0.394 e. The first-order valence-corrected chi connectivity index (χ1v) is 12.0. The van der Waals surface area contributed by atoms with E-state index in [1.54, 1.807) is 30.3 Å². The number of carbonyl (C=O) groups excluding carboxylic acids is 2. The Balaban J connectivity index is 1.49. The smallest absolute Gasteiger partial charge is 0.256 e. The van der Waals surface area contributed by atoms with Crippen molar-refractivity contribution < 1.29 is 29.6 Å². The molecule has 12 nitrogen and oxygen atoms in total. The molecular weight excluding hydrogens is 480 g/mol. The molecule has 12 heteroatoms. The maximum Gasteiger partial charge on any atom is 0.256 e. The number of aliphatic hydroxyl groups excluding tert-OH is 3. The van der Waals surface area contributed by atoms with Crippen molar-refractivity contribution in [2.24, 2.45) is 5.92 Å². The topological polar surface area (TPSA) is 172 Å². The number of rotatable bonds is 9. The predicted octanol–water partition coefficient (Wildman–Crippen LogP) is 0.777. The van der Waals surface area contributed by atoms with Gasteiger partial charge in [0.25, 0.3) is 5.91 Å². The number of aliphatic hydroxyl groups is 3. The van der Waals surface area contributed by atoms with Crippen LogP contribution in [0.25, 0.3) is 11.2 Å². The van der Waals surface area contributed by atoms with Crippen molar-refractivity contribution in [3.63, 3.8) is 0 Å². The minimum atomic E-state index is -1.35. The molecule has 3 aromatic rings. The Bertz CT molecular complexity index is 1270. The van der Waals surface area contributed by atoms with Gasteiger partial charge < -0.3 is 30.7 Å². The molecule has 1 fully saturated rings. The average molecular weight is 511 g/mol. The van der Waals surface area contributed by atoms with E-state index in [1.165, 1.54) is 29.4 Å². The van der Waals surface area contributed by atoms with Gasteiger partial charge in [-0.05, 0) is 24.1 Å². The van der Waals surface area contributed by atoms with Gasteiger partial charge in [0.2, 0.25) is 5.91 Å². The highest BCUT2D eigenvalue weighted by Crippen LogP contribution is 2.32. The number of carbonyl (C=O) groups is 2. The average Bonchev–Trinajstić information content (AvgIpc) is 3.47. The molecule has 196 valence electrons. The van der Waals surface area contributed by atoms with Gasteiger partial charge >= 0.3 is 0 Å². The Morgan fingerprint density at radius 3 is 2.62 bits per heavy atom. The molecule has 4 rings (SSSR count). The van der Waals surface area contributed by atoms with Crippen molar-refractivity contribution in [1.29, 1.82) is 0 Å². The number of benzene rings is 1. The molecule has 0 bridgehead atoms. The quantitative estimate of drug-likeness (QED) is 0.261. The minimum absolute atomic E-state index is 0.0840. The van der Waals surface area contributed by atoms with Crippen LogP contribution in [0.3, 0.4) is 0 Å². The number of amides is 2. The lowest BCUT2D eigenvalue weighted by Crippen LogP contribution is -2.41. The molecule has 1 aliphatic rings. The summed E-state index contributed by atoms with van der Waals surface area (Å²) in [5.74, 6) is -0.560. The van der Waals surface area contributed by atoms with Crippen LogP contribution in [-0.2, 0) is 9.53 Å². The molecule has 1 aromatic carbocycles. The molecule has 6 atom stereocenters. The number of aromatic nitrogens is 4. The van der Waals surface area contributed by atoms with Crippen molar-refractivity contribution in [3.8, 4) is 0 Å². The van der Waals surface area contributed by atoms with Crippen molar-refractivity contribution >= 4 is 28.8 Å².